The number of nitrogens with zero attached hydrogens (tertiary/aromatic N) is 1. The van der Waals surface area contributed by atoms with E-state index in [0.29, 0.717) is 35.1 Å². The summed E-state index contributed by atoms with van der Waals surface area (Å²) in [5.74, 6) is 1.15. The van der Waals surface area contributed by atoms with Crippen LogP contribution in [-0.2, 0) is 16.4 Å². The van der Waals surface area contributed by atoms with E-state index in [0.717, 1.165) is 18.4 Å². The van der Waals surface area contributed by atoms with E-state index < -0.39 is 16.1 Å². The van der Waals surface area contributed by atoms with Crippen molar-refractivity contribution in [1.29, 1.82) is 0 Å². The molecule has 0 aliphatic carbocycles. The van der Waals surface area contributed by atoms with Crippen LogP contribution in [0.1, 0.15) is 18.9 Å². The molecule has 0 atom stereocenters. The standard InChI is InChI=1S/C20H25N3O5S/c1-4-29(25,26)23-11-5-6-14-12-15(7-10-18(14)23)21-20(24)22-17-9-8-16(27-2)13-19(17)28-3/h7-10,12-13H,4-6,11H2,1-3H3,(H2,21,22,24). The molecule has 2 aromatic carbocycles. The number of rotatable bonds is 6. The van der Waals surface area contributed by atoms with E-state index in [-0.39, 0.29) is 5.75 Å². The molecule has 0 saturated heterocycles. The van der Waals surface area contributed by atoms with Crippen molar-refractivity contribution in [3.05, 3.63) is 42.0 Å². The van der Waals surface area contributed by atoms with E-state index in [2.05, 4.69) is 10.6 Å². The molecule has 0 unspecified atom stereocenters. The Morgan fingerprint density at radius 3 is 2.59 bits per heavy atom. The number of sulfonamides is 1. The van der Waals surface area contributed by atoms with Crippen LogP contribution in [-0.4, -0.2) is 41.0 Å². The molecule has 2 N–H and O–H groups in total. The number of nitrogens with one attached hydrogen (secondary N) is 2. The number of benzene rings is 2. The summed E-state index contributed by atoms with van der Waals surface area (Å²) in [4.78, 5) is 12.4. The maximum absolute atomic E-state index is 12.4. The number of aryl methyl sites for hydroxylation is 1. The Morgan fingerprint density at radius 2 is 1.90 bits per heavy atom. The molecule has 0 radical (unpaired) electrons. The van der Waals surface area contributed by atoms with Crippen molar-refractivity contribution in [1.82, 2.24) is 0 Å². The molecule has 2 amide bonds. The van der Waals surface area contributed by atoms with Gasteiger partial charge in [-0.25, -0.2) is 13.2 Å². The molecule has 0 aromatic heterocycles. The average Bonchev–Trinajstić information content (AvgIpc) is 2.73. The van der Waals surface area contributed by atoms with Crippen LogP contribution < -0.4 is 24.4 Å². The number of ether oxygens (including phenoxy) is 2. The van der Waals surface area contributed by atoms with Crippen molar-refractivity contribution in [2.24, 2.45) is 0 Å². The van der Waals surface area contributed by atoms with Crippen LogP contribution in [0.5, 0.6) is 11.5 Å². The molecule has 8 nitrogen and oxygen atoms in total. The van der Waals surface area contributed by atoms with Crippen molar-refractivity contribution in [3.63, 3.8) is 0 Å². The molecule has 1 aliphatic rings. The van der Waals surface area contributed by atoms with Gasteiger partial charge in [-0.1, -0.05) is 0 Å². The summed E-state index contributed by atoms with van der Waals surface area (Å²) in [5.41, 5.74) is 2.67. The van der Waals surface area contributed by atoms with Crippen molar-refractivity contribution < 1.29 is 22.7 Å². The van der Waals surface area contributed by atoms with Crippen molar-refractivity contribution in [2.75, 3.05) is 41.5 Å². The first-order valence-corrected chi connectivity index (χ1v) is 10.9. The lowest BCUT2D eigenvalue weighted by Crippen LogP contribution is -2.36. The maximum Gasteiger partial charge on any atom is 0.323 e. The van der Waals surface area contributed by atoms with Crippen LogP contribution in [0.2, 0.25) is 0 Å². The first-order valence-electron chi connectivity index (χ1n) is 9.31. The predicted octanol–water partition coefficient (Wildman–Crippen LogP) is 3.45. The highest BCUT2D eigenvalue weighted by Gasteiger charge is 2.26. The second-order valence-electron chi connectivity index (χ2n) is 6.57. The SMILES string of the molecule is CCS(=O)(=O)N1CCCc2cc(NC(=O)Nc3ccc(OC)cc3OC)ccc21. The Kier molecular flexibility index (Phi) is 6.17. The van der Waals surface area contributed by atoms with Gasteiger partial charge in [-0.3, -0.25) is 4.31 Å². The van der Waals surface area contributed by atoms with Crippen molar-refractivity contribution in [2.45, 2.75) is 19.8 Å². The van der Waals surface area contributed by atoms with Gasteiger partial charge < -0.3 is 20.1 Å². The van der Waals surface area contributed by atoms with Crippen LogP contribution in [0.3, 0.4) is 0 Å². The molecule has 156 valence electrons. The molecule has 9 heteroatoms. The second kappa shape index (κ2) is 8.60. The lowest BCUT2D eigenvalue weighted by atomic mass is 10.0. The van der Waals surface area contributed by atoms with Crippen LogP contribution in [0.15, 0.2) is 36.4 Å². The van der Waals surface area contributed by atoms with Gasteiger partial charge in [0, 0.05) is 18.3 Å². The van der Waals surface area contributed by atoms with Gasteiger partial charge in [0.2, 0.25) is 10.0 Å². The summed E-state index contributed by atoms with van der Waals surface area (Å²) >= 11 is 0. The normalized spacial score (nSPS) is 13.4. The number of urea groups is 1. The van der Waals surface area contributed by atoms with Crippen LogP contribution in [0.25, 0.3) is 0 Å². The Bertz CT molecular complexity index is 1010. The highest BCUT2D eigenvalue weighted by atomic mass is 32.2. The lowest BCUT2D eigenvalue weighted by Gasteiger charge is -2.30. The molecular formula is C20H25N3O5S. The van der Waals surface area contributed by atoms with Gasteiger partial charge in [-0.15, -0.1) is 0 Å². The summed E-state index contributed by atoms with van der Waals surface area (Å²) in [6.07, 6.45) is 1.50. The zero-order chi connectivity index (χ0) is 21.0. The average molecular weight is 420 g/mol. The summed E-state index contributed by atoms with van der Waals surface area (Å²) in [5, 5.41) is 5.53. The second-order valence-corrected chi connectivity index (χ2v) is 8.75. The molecule has 29 heavy (non-hydrogen) atoms. The fourth-order valence-electron chi connectivity index (χ4n) is 3.27. The number of fused-ring (bicyclic) bond motifs is 1. The first kappa shape index (κ1) is 20.8. The number of hydrogen-bond donors (Lipinski definition) is 2. The highest BCUT2D eigenvalue weighted by molar-refractivity contribution is 7.92. The molecule has 0 spiro atoms. The number of hydrogen-bond acceptors (Lipinski definition) is 5. The van der Waals surface area contributed by atoms with Crippen LogP contribution in [0, 0.1) is 0 Å². The minimum Gasteiger partial charge on any atom is -0.497 e. The van der Waals surface area contributed by atoms with Gasteiger partial charge >= 0.3 is 6.03 Å². The topological polar surface area (TPSA) is 97.0 Å². The van der Waals surface area contributed by atoms with Crippen molar-refractivity contribution >= 4 is 33.1 Å². The van der Waals surface area contributed by atoms with Crippen LogP contribution in [0.4, 0.5) is 21.9 Å². The molecule has 0 fully saturated rings. The summed E-state index contributed by atoms with van der Waals surface area (Å²) in [7, 11) is -0.251. The van der Waals surface area contributed by atoms with E-state index >= 15 is 0 Å². The molecule has 1 aliphatic heterocycles. The molecule has 2 aromatic rings. The van der Waals surface area contributed by atoms with E-state index in [4.69, 9.17) is 9.47 Å². The number of carbonyl (C=O) groups is 1. The third kappa shape index (κ3) is 4.56. The van der Waals surface area contributed by atoms with E-state index in [1.807, 2.05) is 6.07 Å². The highest BCUT2D eigenvalue weighted by Crippen LogP contribution is 2.32. The summed E-state index contributed by atoms with van der Waals surface area (Å²) in [6.45, 7) is 2.12. The fraction of sp³-hybridized carbons (Fsp3) is 0.350. The quantitative estimate of drug-likeness (QED) is 0.748. The molecule has 3 rings (SSSR count). The summed E-state index contributed by atoms with van der Waals surface area (Å²) in [6, 6.07) is 9.92. The molecule has 0 saturated carbocycles. The van der Waals surface area contributed by atoms with Gasteiger partial charge in [0.15, 0.2) is 0 Å². The van der Waals surface area contributed by atoms with Gasteiger partial charge in [0.1, 0.15) is 11.5 Å². The number of carbonyl (C=O) groups excluding carboxylic acids is 1. The van der Waals surface area contributed by atoms with Crippen molar-refractivity contribution in [3.8, 4) is 11.5 Å². The third-order valence-corrected chi connectivity index (χ3v) is 6.55. The number of methoxy groups -OCH3 is 2. The van der Waals surface area contributed by atoms with E-state index in [1.165, 1.54) is 11.4 Å². The largest absolute Gasteiger partial charge is 0.497 e. The minimum atomic E-state index is -3.32. The smallest absolute Gasteiger partial charge is 0.323 e. The Labute approximate surface area is 170 Å². The van der Waals surface area contributed by atoms with Crippen LogP contribution >= 0.6 is 0 Å². The Hall–Kier alpha value is -2.94. The van der Waals surface area contributed by atoms with E-state index in [9.17, 15) is 13.2 Å². The van der Waals surface area contributed by atoms with E-state index in [1.54, 1.807) is 44.4 Å². The number of amides is 2. The Morgan fingerprint density at radius 1 is 1.10 bits per heavy atom. The fourth-order valence-corrected chi connectivity index (χ4v) is 4.47. The molecule has 0 bridgehead atoms. The molecule has 1 heterocycles. The van der Waals surface area contributed by atoms with Gasteiger partial charge in [-0.2, -0.15) is 0 Å². The monoisotopic (exact) mass is 419 g/mol. The predicted molar refractivity (Wildman–Crippen MR) is 114 cm³/mol. The van der Waals surface area contributed by atoms with Gasteiger partial charge in [0.25, 0.3) is 0 Å². The zero-order valence-corrected chi connectivity index (χ0v) is 17.5. The Balaban J connectivity index is 1.75. The summed E-state index contributed by atoms with van der Waals surface area (Å²) < 4.78 is 36.5. The number of anilines is 3. The maximum atomic E-state index is 12.4. The zero-order valence-electron chi connectivity index (χ0n) is 16.7. The van der Waals surface area contributed by atoms with Gasteiger partial charge in [-0.05, 0) is 55.7 Å². The first-order chi connectivity index (χ1) is 13.9. The lowest BCUT2D eigenvalue weighted by molar-refractivity contribution is 0.262. The molecular weight excluding hydrogens is 394 g/mol. The minimum absolute atomic E-state index is 0.0541. The third-order valence-electron chi connectivity index (χ3n) is 4.77. The van der Waals surface area contributed by atoms with Gasteiger partial charge in [0.05, 0.1) is 31.3 Å².